The van der Waals surface area contributed by atoms with Crippen molar-refractivity contribution >= 4 is 0 Å². The van der Waals surface area contributed by atoms with Gasteiger partial charge in [0.2, 0.25) is 0 Å². The average Bonchev–Trinajstić information content (AvgIpc) is 2.14. The monoisotopic (exact) mass is 129 g/mol. The van der Waals surface area contributed by atoms with Gasteiger partial charge in [-0.3, -0.25) is 5.84 Å². The molecule has 1 aliphatic rings. The molecule has 0 aromatic heterocycles. The first kappa shape index (κ1) is 6.99. The van der Waals surface area contributed by atoms with Crippen LogP contribution in [0.4, 0.5) is 0 Å². The first-order chi connectivity index (χ1) is 4.20. The molecule has 1 saturated heterocycles. The van der Waals surface area contributed by atoms with Crippen LogP contribution in [-0.4, -0.2) is 43.1 Å². The number of nitrogens with two attached hydrogens (primary N) is 1. The Morgan fingerprint density at radius 2 is 2.22 bits per heavy atom. The van der Waals surface area contributed by atoms with Crippen molar-refractivity contribution in [3.63, 3.8) is 0 Å². The summed E-state index contributed by atoms with van der Waals surface area (Å²) < 4.78 is 0. The zero-order valence-corrected chi connectivity index (χ0v) is 6.17. The third-order valence-corrected chi connectivity index (χ3v) is 1.93. The van der Waals surface area contributed by atoms with E-state index in [1.807, 2.05) is 5.01 Å². The van der Waals surface area contributed by atoms with Crippen LogP contribution in [0.15, 0.2) is 0 Å². The molecule has 0 unspecified atom stereocenters. The van der Waals surface area contributed by atoms with Gasteiger partial charge in [0.05, 0.1) is 0 Å². The molecule has 1 rings (SSSR count). The minimum absolute atomic E-state index is 0.676. The number of rotatable bonds is 1. The topological polar surface area (TPSA) is 32.5 Å². The highest BCUT2D eigenvalue weighted by Crippen LogP contribution is 2.08. The number of hydrogen-bond acceptors (Lipinski definition) is 3. The van der Waals surface area contributed by atoms with Gasteiger partial charge in [-0.25, -0.2) is 5.01 Å². The SMILES string of the molecule is CN(C)[C@@H]1CCN(N)C1. The Labute approximate surface area is 56.4 Å². The Morgan fingerprint density at radius 1 is 1.56 bits per heavy atom. The molecule has 0 aromatic rings. The molecule has 3 heteroatoms. The highest BCUT2D eigenvalue weighted by molar-refractivity contribution is 4.76. The van der Waals surface area contributed by atoms with Crippen molar-refractivity contribution in [2.45, 2.75) is 12.5 Å². The maximum absolute atomic E-state index is 5.57. The van der Waals surface area contributed by atoms with Crippen LogP contribution in [0.5, 0.6) is 0 Å². The van der Waals surface area contributed by atoms with Crippen molar-refractivity contribution in [2.24, 2.45) is 5.84 Å². The fourth-order valence-electron chi connectivity index (χ4n) is 1.19. The van der Waals surface area contributed by atoms with Crippen molar-refractivity contribution in [3.8, 4) is 0 Å². The summed E-state index contributed by atoms with van der Waals surface area (Å²) in [4.78, 5) is 2.23. The molecular formula is C6H15N3. The van der Waals surface area contributed by atoms with Crippen LogP contribution in [-0.2, 0) is 0 Å². The van der Waals surface area contributed by atoms with Crippen LogP contribution in [0.25, 0.3) is 0 Å². The summed E-state index contributed by atoms with van der Waals surface area (Å²) in [5.41, 5.74) is 0. The van der Waals surface area contributed by atoms with Crippen LogP contribution >= 0.6 is 0 Å². The molecule has 0 aromatic carbocycles. The molecule has 0 saturated carbocycles. The predicted octanol–water partition coefficient (Wildman–Crippen LogP) is -0.504. The first-order valence-corrected chi connectivity index (χ1v) is 3.36. The van der Waals surface area contributed by atoms with Crippen molar-refractivity contribution in [1.82, 2.24) is 9.91 Å². The molecule has 1 fully saturated rings. The molecule has 0 aliphatic carbocycles. The summed E-state index contributed by atoms with van der Waals surface area (Å²) in [6.07, 6.45) is 1.21. The molecule has 3 nitrogen and oxygen atoms in total. The average molecular weight is 129 g/mol. The first-order valence-electron chi connectivity index (χ1n) is 3.36. The molecule has 0 bridgehead atoms. The van der Waals surface area contributed by atoms with Gasteiger partial charge in [0.1, 0.15) is 0 Å². The van der Waals surface area contributed by atoms with Crippen molar-refractivity contribution in [1.29, 1.82) is 0 Å². The molecule has 54 valence electrons. The van der Waals surface area contributed by atoms with Crippen LogP contribution in [0.1, 0.15) is 6.42 Å². The van der Waals surface area contributed by atoms with Gasteiger partial charge in [-0.05, 0) is 20.5 Å². The summed E-state index contributed by atoms with van der Waals surface area (Å²) in [5, 5.41) is 1.88. The van der Waals surface area contributed by atoms with Crippen LogP contribution in [0.2, 0.25) is 0 Å². The highest BCUT2D eigenvalue weighted by Gasteiger charge is 2.20. The molecular weight excluding hydrogens is 114 g/mol. The Morgan fingerprint density at radius 3 is 2.44 bits per heavy atom. The van der Waals surface area contributed by atoms with Gasteiger partial charge >= 0.3 is 0 Å². The van der Waals surface area contributed by atoms with Crippen molar-refractivity contribution in [2.75, 3.05) is 27.2 Å². The summed E-state index contributed by atoms with van der Waals surface area (Å²) in [7, 11) is 4.20. The molecule has 1 atom stereocenters. The second-order valence-corrected chi connectivity index (χ2v) is 2.90. The van der Waals surface area contributed by atoms with E-state index in [9.17, 15) is 0 Å². The van der Waals surface area contributed by atoms with E-state index in [1.54, 1.807) is 0 Å². The van der Waals surface area contributed by atoms with E-state index in [2.05, 4.69) is 19.0 Å². The summed E-state index contributed by atoms with van der Waals surface area (Å²) in [6.45, 7) is 2.07. The lowest BCUT2D eigenvalue weighted by molar-refractivity contribution is 0.273. The largest absolute Gasteiger partial charge is 0.305 e. The lowest BCUT2D eigenvalue weighted by atomic mass is 10.2. The van der Waals surface area contributed by atoms with E-state index in [0.717, 1.165) is 13.1 Å². The van der Waals surface area contributed by atoms with Gasteiger partial charge in [-0.15, -0.1) is 0 Å². The molecule has 2 N–H and O–H groups in total. The third-order valence-electron chi connectivity index (χ3n) is 1.93. The second kappa shape index (κ2) is 2.64. The zero-order chi connectivity index (χ0) is 6.85. The van der Waals surface area contributed by atoms with E-state index in [1.165, 1.54) is 6.42 Å². The zero-order valence-electron chi connectivity index (χ0n) is 6.17. The van der Waals surface area contributed by atoms with Gasteiger partial charge in [-0.2, -0.15) is 0 Å². The summed E-state index contributed by atoms with van der Waals surface area (Å²) >= 11 is 0. The maximum Gasteiger partial charge on any atom is 0.0285 e. The number of hydrazine groups is 1. The molecule has 0 spiro atoms. The molecule has 0 radical (unpaired) electrons. The molecule has 1 aliphatic heterocycles. The fraction of sp³-hybridized carbons (Fsp3) is 1.00. The van der Waals surface area contributed by atoms with Gasteiger partial charge in [0.25, 0.3) is 0 Å². The minimum atomic E-state index is 0.676. The fourth-order valence-corrected chi connectivity index (χ4v) is 1.19. The standard InChI is InChI=1S/C6H15N3/c1-8(2)6-3-4-9(7)5-6/h6H,3-5,7H2,1-2H3/t6-/m1/s1. The quantitative estimate of drug-likeness (QED) is 0.484. The Balaban J connectivity index is 2.30. The van der Waals surface area contributed by atoms with E-state index in [0.29, 0.717) is 6.04 Å². The molecule has 9 heavy (non-hydrogen) atoms. The third kappa shape index (κ3) is 1.64. The summed E-state index contributed by atoms with van der Waals surface area (Å²) in [5.74, 6) is 5.57. The van der Waals surface area contributed by atoms with Gasteiger partial charge in [-0.1, -0.05) is 0 Å². The molecule has 0 amide bonds. The lowest BCUT2D eigenvalue weighted by Crippen LogP contribution is -2.34. The van der Waals surface area contributed by atoms with E-state index in [4.69, 9.17) is 5.84 Å². The normalized spacial score (nSPS) is 30.0. The Bertz CT molecular complexity index is 92.3. The molecule has 1 heterocycles. The smallest absolute Gasteiger partial charge is 0.0285 e. The minimum Gasteiger partial charge on any atom is -0.305 e. The van der Waals surface area contributed by atoms with Crippen LogP contribution in [0, 0.1) is 0 Å². The van der Waals surface area contributed by atoms with Crippen LogP contribution < -0.4 is 5.84 Å². The van der Waals surface area contributed by atoms with E-state index < -0.39 is 0 Å². The second-order valence-electron chi connectivity index (χ2n) is 2.90. The number of hydrogen-bond donors (Lipinski definition) is 1. The lowest BCUT2D eigenvalue weighted by Gasteiger charge is -2.17. The number of nitrogens with zero attached hydrogens (tertiary/aromatic N) is 2. The Kier molecular flexibility index (Phi) is 2.05. The van der Waals surface area contributed by atoms with E-state index in [-0.39, 0.29) is 0 Å². The Hall–Kier alpha value is -0.120. The van der Waals surface area contributed by atoms with Gasteiger partial charge in [0, 0.05) is 19.1 Å². The van der Waals surface area contributed by atoms with Crippen molar-refractivity contribution < 1.29 is 0 Å². The summed E-state index contributed by atoms with van der Waals surface area (Å²) in [6, 6.07) is 0.676. The maximum atomic E-state index is 5.57. The van der Waals surface area contributed by atoms with Crippen LogP contribution in [0.3, 0.4) is 0 Å². The van der Waals surface area contributed by atoms with Crippen molar-refractivity contribution in [3.05, 3.63) is 0 Å². The number of likely N-dealkylation sites (N-methyl/N-ethyl adjacent to an activating group) is 1. The van der Waals surface area contributed by atoms with Gasteiger partial charge in [0.15, 0.2) is 0 Å². The van der Waals surface area contributed by atoms with Gasteiger partial charge < -0.3 is 4.90 Å². The predicted molar refractivity (Wildman–Crippen MR) is 37.9 cm³/mol. The highest BCUT2D eigenvalue weighted by atomic mass is 15.4. The van der Waals surface area contributed by atoms with E-state index >= 15 is 0 Å².